The minimum Gasteiger partial charge on any atom is -0.324 e. The van der Waals surface area contributed by atoms with E-state index in [-0.39, 0.29) is 17.7 Å². The molecule has 0 aromatic heterocycles. The zero-order valence-corrected chi connectivity index (χ0v) is 15.7. The van der Waals surface area contributed by atoms with Crippen LogP contribution in [0.15, 0.2) is 53.0 Å². The van der Waals surface area contributed by atoms with Crippen molar-refractivity contribution in [3.8, 4) is 0 Å². The summed E-state index contributed by atoms with van der Waals surface area (Å²) in [4.78, 5) is 25.0. The zero-order chi connectivity index (χ0) is 17.7. The first-order valence-electron chi connectivity index (χ1n) is 7.85. The van der Waals surface area contributed by atoms with Crippen LogP contribution >= 0.6 is 15.9 Å². The highest BCUT2D eigenvalue weighted by Crippen LogP contribution is 2.12. The lowest BCUT2D eigenvalue weighted by atomic mass is 10.1. The van der Waals surface area contributed by atoms with E-state index in [1.807, 2.05) is 26.1 Å². The molecule has 0 aliphatic rings. The minimum atomic E-state index is -0.213. The number of hydrogen-bond donors (Lipinski definition) is 2. The highest BCUT2D eigenvalue weighted by Gasteiger charge is 2.22. The Kier molecular flexibility index (Phi) is 6.29. The van der Waals surface area contributed by atoms with Crippen LogP contribution < -0.4 is 10.2 Å². The maximum absolute atomic E-state index is 12.5. The molecule has 4 nitrogen and oxygen atoms in total. The van der Waals surface area contributed by atoms with Gasteiger partial charge in [-0.2, -0.15) is 0 Å². The lowest BCUT2D eigenvalue weighted by molar-refractivity contribution is -0.907. The molecule has 0 bridgehead atoms. The van der Waals surface area contributed by atoms with E-state index < -0.39 is 0 Å². The summed E-state index contributed by atoms with van der Waals surface area (Å²) in [5.74, 6) is -0.0811. The van der Waals surface area contributed by atoms with Crippen molar-refractivity contribution in [3.05, 3.63) is 64.1 Å². The molecule has 2 atom stereocenters. The van der Waals surface area contributed by atoms with Crippen molar-refractivity contribution < 1.29 is 14.5 Å². The summed E-state index contributed by atoms with van der Waals surface area (Å²) in [5, 5.41) is 2.89. The van der Waals surface area contributed by atoms with E-state index in [0.717, 1.165) is 15.9 Å². The number of ketones is 1. The summed E-state index contributed by atoms with van der Waals surface area (Å²) in [7, 11) is 2.00. The number of hydrogen-bond acceptors (Lipinski definition) is 2. The summed E-state index contributed by atoms with van der Waals surface area (Å²) < 4.78 is 1.04. The molecule has 1 unspecified atom stereocenters. The number of amides is 1. The van der Waals surface area contributed by atoms with Crippen molar-refractivity contribution in [1.29, 1.82) is 0 Å². The molecule has 0 aliphatic heterocycles. The predicted octanol–water partition coefficient (Wildman–Crippen LogP) is 2.69. The third-order valence-electron chi connectivity index (χ3n) is 4.07. The van der Waals surface area contributed by atoms with Crippen molar-refractivity contribution in [3.63, 3.8) is 0 Å². The molecule has 2 aromatic rings. The molecule has 2 N–H and O–H groups in total. The van der Waals surface area contributed by atoms with Crippen LogP contribution in [-0.2, 0) is 11.3 Å². The minimum absolute atomic E-state index is 0.0165. The molecule has 5 heteroatoms. The van der Waals surface area contributed by atoms with Crippen LogP contribution in [-0.4, -0.2) is 24.8 Å². The Morgan fingerprint density at radius 1 is 1.17 bits per heavy atom. The van der Waals surface area contributed by atoms with Gasteiger partial charge < -0.3 is 10.2 Å². The number of benzene rings is 2. The van der Waals surface area contributed by atoms with E-state index in [1.165, 1.54) is 12.5 Å². The average Bonchev–Trinajstić information content (AvgIpc) is 2.56. The third-order valence-corrected chi connectivity index (χ3v) is 4.59. The smallest absolute Gasteiger partial charge is 0.282 e. The molecule has 2 aromatic carbocycles. The Morgan fingerprint density at radius 2 is 1.83 bits per heavy atom. The second-order valence-electron chi connectivity index (χ2n) is 6.00. The molecule has 0 heterocycles. The van der Waals surface area contributed by atoms with Gasteiger partial charge in [0.05, 0.1) is 7.05 Å². The van der Waals surface area contributed by atoms with Gasteiger partial charge in [-0.15, -0.1) is 0 Å². The monoisotopic (exact) mass is 389 g/mol. The van der Waals surface area contributed by atoms with E-state index in [9.17, 15) is 9.59 Å². The third kappa shape index (κ3) is 5.01. The van der Waals surface area contributed by atoms with Crippen molar-refractivity contribution in [2.75, 3.05) is 12.4 Å². The van der Waals surface area contributed by atoms with Crippen molar-refractivity contribution in [2.24, 2.45) is 0 Å². The number of rotatable bonds is 6. The lowest BCUT2D eigenvalue weighted by Gasteiger charge is -2.21. The molecule has 0 radical (unpaired) electrons. The standard InChI is InChI=1S/C19H21BrN2O2/c1-13(22(3)12-15-7-9-17(20)10-8-15)19(24)21-18-6-4-5-16(11-18)14(2)23/h4-11,13H,12H2,1-3H3,(H,21,24)/p+1/t13-/m1/s1. The lowest BCUT2D eigenvalue weighted by Crippen LogP contribution is -3.12. The van der Waals surface area contributed by atoms with Gasteiger partial charge in [-0.1, -0.05) is 40.2 Å². The quantitative estimate of drug-likeness (QED) is 0.746. The zero-order valence-electron chi connectivity index (χ0n) is 14.1. The summed E-state index contributed by atoms with van der Waals surface area (Å²) in [6, 6.07) is 14.9. The van der Waals surface area contributed by atoms with E-state index >= 15 is 0 Å². The van der Waals surface area contributed by atoms with Crippen molar-refractivity contribution >= 4 is 33.3 Å². The van der Waals surface area contributed by atoms with Gasteiger partial charge in [0.15, 0.2) is 11.8 Å². The topological polar surface area (TPSA) is 50.6 Å². The predicted molar refractivity (Wildman–Crippen MR) is 99.3 cm³/mol. The number of halogens is 1. The molecule has 0 saturated heterocycles. The highest BCUT2D eigenvalue weighted by atomic mass is 79.9. The van der Waals surface area contributed by atoms with Crippen LogP contribution in [0.4, 0.5) is 5.69 Å². The second kappa shape index (κ2) is 8.22. The van der Waals surface area contributed by atoms with E-state index in [2.05, 4.69) is 33.4 Å². The molecule has 0 saturated carbocycles. The molecule has 126 valence electrons. The van der Waals surface area contributed by atoms with E-state index in [4.69, 9.17) is 0 Å². The number of carbonyl (C=O) groups is 2. The number of nitrogens with one attached hydrogen (secondary N) is 2. The first-order valence-corrected chi connectivity index (χ1v) is 8.64. The number of Topliss-reactive ketones (excluding diaryl/α,β-unsaturated/α-hetero) is 1. The van der Waals surface area contributed by atoms with E-state index in [1.54, 1.807) is 24.3 Å². The van der Waals surface area contributed by atoms with Gasteiger partial charge >= 0.3 is 0 Å². The average molecular weight is 390 g/mol. The summed E-state index contributed by atoms with van der Waals surface area (Å²) in [6.07, 6.45) is 0. The van der Waals surface area contributed by atoms with Gasteiger partial charge in [0.1, 0.15) is 6.54 Å². The van der Waals surface area contributed by atoms with Crippen LogP contribution in [0.5, 0.6) is 0 Å². The van der Waals surface area contributed by atoms with Crippen LogP contribution in [0.1, 0.15) is 29.8 Å². The highest BCUT2D eigenvalue weighted by molar-refractivity contribution is 9.10. The molecule has 0 aliphatic carbocycles. The number of likely N-dealkylation sites (N-methyl/N-ethyl adjacent to an activating group) is 1. The maximum atomic E-state index is 12.5. The Balaban J connectivity index is 1.99. The largest absolute Gasteiger partial charge is 0.324 e. The Labute approximate surface area is 151 Å². The van der Waals surface area contributed by atoms with E-state index in [0.29, 0.717) is 11.3 Å². The van der Waals surface area contributed by atoms with Crippen LogP contribution in [0.2, 0.25) is 0 Å². The van der Waals surface area contributed by atoms with Gasteiger partial charge in [0.2, 0.25) is 0 Å². The molecular formula is C19H22BrN2O2+. The Morgan fingerprint density at radius 3 is 2.46 bits per heavy atom. The van der Waals surface area contributed by atoms with Crippen LogP contribution in [0.3, 0.4) is 0 Å². The van der Waals surface area contributed by atoms with Crippen LogP contribution in [0.25, 0.3) is 0 Å². The Bertz CT molecular complexity index is 728. The van der Waals surface area contributed by atoms with Gasteiger partial charge in [-0.25, -0.2) is 0 Å². The van der Waals surface area contributed by atoms with Crippen molar-refractivity contribution in [1.82, 2.24) is 0 Å². The fourth-order valence-corrected chi connectivity index (χ4v) is 2.63. The fraction of sp³-hybridized carbons (Fsp3) is 0.263. The van der Waals surface area contributed by atoms with Crippen LogP contribution in [0, 0.1) is 0 Å². The maximum Gasteiger partial charge on any atom is 0.282 e. The SMILES string of the molecule is CC(=O)c1cccc(NC(=O)[C@@H](C)[NH+](C)Cc2ccc(Br)cc2)c1. The Hall–Kier alpha value is -1.98. The van der Waals surface area contributed by atoms with Gasteiger partial charge in [-0.05, 0) is 38.1 Å². The second-order valence-corrected chi connectivity index (χ2v) is 6.91. The van der Waals surface area contributed by atoms with Gasteiger partial charge in [0, 0.05) is 21.3 Å². The molecule has 24 heavy (non-hydrogen) atoms. The summed E-state index contributed by atoms with van der Waals surface area (Å²) >= 11 is 3.42. The normalized spacial score (nSPS) is 13.2. The number of carbonyl (C=O) groups excluding carboxylic acids is 2. The molecule has 1 amide bonds. The summed E-state index contributed by atoms with van der Waals surface area (Å²) in [6.45, 7) is 4.17. The molecule has 2 rings (SSSR count). The molecule has 0 fully saturated rings. The number of anilines is 1. The molecular weight excluding hydrogens is 368 g/mol. The van der Waals surface area contributed by atoms with Gasteiger partial charge in [-0.3, -0.25) is 9.59 Å². The summed E-state index contributed by atoms with van der Waals surface area (Å²) in [5.41, 5.74) is 2.42. The molecule has 0 spiro atoms. The fourth-order valence-electron chi connectivity index (χ4n) is 2.37. The van der Waals surface area contributed by atoms with Gasteiger partial charge in [0.25, 0.3) is 5.91 Å². The number of quaternary nitrogens is 1. The first kappa shape index (κ1) is 18.4. The van der Waals surface area contributed by atoms with Crippen molar-refractivity contribution in [2.45, 2.75) is 26.4 Å². The first-order chi connectivity index (χ1) is 11.4.